The van der Waals surface area contributed by atoms with Crippen molar-refractivity contribution >= 4 is 10.9 Å². The highest BCUT2D eigenvalue weighted by molar-refractivity contribution is 5.83. The zero-order valence-electron chi connectivity index (χ0n) is 15.0. The number of benzene rings is 1. The number of fused-ring (bicyclic) bond motifs is 2. The first-order chi connectivity index (χ1) is 13.3. The number of nitrogens with one attached hydrogen (secondary N) is 2. The molecule has 1 aliphatic heterocycles. The zero-order valence-corrected chi connectivity index (χ0v) is 15.0. The van der Waals surface area contributed by atoms with Crippen LogP contribution < -0.4 is 5.32 Å². The van der Waals surface area contributed by atoms with Crippen LogP contribution in [0.15, 0.2) is 48.9 Å². The Bertz CT molecular complexity index is 1050. The SMILES string of the molecule is OC[C@H](Cc1c[nH]c2ccccc12)n1ccnc1-c1cc2n(n1)CCNC2. The molecule has 0 unspecified atom stereocenters. The lowest BCUT2D eigenvalue weighted by atomic mass is 10.1. The maximum atomic E-state index is 10.1. The summed E-state index contributed by atoms with van der Waals surface area (Å²) >= 11 is 0. The molecule has 0 fully saturated rings. The van der Waals surface area contributed by atoms with Gasteiger partial charge < -0.3 is 20.0 Å². The van der Waals surface area contributed by atoms with Gasteiger partial charge in [0.1, 0.15) is 5.69 Å². The minimum absolute atomic E-state index is 0.0397. The maximum Gasteiger partial charge on any atom is 0.160 e. The lowest BCUT2D eigenvalue weighted by molar-refractivity contribution is 0.228. The number of aliphatic hydroxyl groups excluding tert-OH is 1. The van der Waals surface area contributed by atoms with Crippen molar-refractivity contribution in [3.8, 4) is 11.5 Å². The molecule has 4 aromatic rings. The zero-order chi connectivity index (χ0) is 18.2. The molecule has 0 aliphatic carbocycles. The van der Waals surface area contributed by atoms with Crippen LogP contribution in [0.1, 0.15) is 17.3 Å². The van der Waals surface area contributed by atoms with E-state index < -0.39 is 0 Å². The van der Waals surface area contributed by atoms with Crippen molar-refractivity contribution in [2.75, 3.05) is 13.2 Å². The van der Waals surface area contributed by atoms with E-state index in [0.717, 1.165) is 43.1 Å². The van der Waals surface area contributed by atoms with E-state index in [1.807, 2.05) is 33.8 Å². The van der Waals surface area contributed by atoms with Gasteiger partial charge in [-0.25, -0.2) is 4.98 Å². The molecule has 0 bridgehead atoms. The molecular formula is C20H22N6O. The summed E-state index contributed by atoms with van der Waals surface area (Å²) in [6.45, 7) is 2.67. The second-order valence-electron chi connectivity index (χ2n) is 6.98. The van der Waals surface area contributed by atoms with E-state index in [0.29, 0.717) is 0 Å². The number of hydrogen-bond donors (Lipinski definition) is 3. The highest BCUT2D eigenvalue weighted by atomic mass is 16.3. The second kappa shape index (κ2) is 6.68. The standard InChI is InChI=1S/C20H22N6O/c27-13-16(9-14-11-23-18-4-2-1-3-17(14)18)25-7-6-22-20(25)19-10-15-12-21-5-8-26(15)24-19/h1-4,6-7,10-11,16,21,23,27H,5,8-9,12-13H2/t16-/m0/s1. The average Bonchev–Trinajstić information content (AvgIpc) is 3.43. The first kappa shape index (κ1) is 16.3. The molecule has 3 aromatic heterocycles. The molecule has 5 rings (SSSR count). The summed E-state index contributed by atoms with van der Waals surface area (Å²) in [4.78, 5) is 7.85. The summed E-state index contributed by atoms with van der Waals surface area (Å²) in [5.41, 5.74) is 4.33. The molecule has 1 aliphatic rings. The van der Waals surface area contributed by atoms with E-state index in [1.165, 1.54) is 16.6 Å². The van der Waals surface area contributed by atoms with Crippen LogP contribution in [0.3, 0.4) is 0 Å². The van der Waals surface area contributed by atoms with Crippen LogP contribution in [-0.4, -0.2) is 42.6 Å². The quantitative estimate of drug-likeness (QED) is 0.508. The van der Waals surface area contributed by atoms with Gasteiger partial charge in [-0.2, -0.15) is 5.10 Å². The van der Waals surface area contributed by atoms with Gasteiger partial charge in [-0.15, -0.1) is 0 Å². The fourth-order valence-corrected chi connectivity index (χ4v) is 3.91. The molecule has 27 heavy (non-hydrogen) atoms. The molecule has 0 saturated heterocycles. The van der Waals surface area contributed by atoms with E-state index in [-0.39, 0.29) is 12.6 Å². The van der Waals surface area contributed by atoms with Crippen LogP contribution in [-0.2, 0) is 19.5 Å². The van der Waals surface area contributed by atoms with Crippen molar-refractivity contribution in [2.24, 2.45) is 0 Å². The Labute approximate surface area is 156 Å². The van der Waals surface area contributed by atoms with Crippen LogP contribution in [0.25, 0.3) is 22.4 Å². The molecule has 4 heterocycles. The fraction of sp³-hybridized carbons (Fsp3) is 0.300. The average molecular weight is 362 g/mol. The summed E-state index contributed by atoms with van der Waals surface area (Å²) in [5.74, 6) is 0.802. The Balaban J connectivity index is 1.48. The summed E-state index contributed by atoms with van der Waals surface area (Å²) in [6, 6.07) is 10.2. The van der Waals surface area contributed by atoms with E-state index >= 15 is 0 Å². The van der Waals surface area contributed by atoms with Crippen molar-refractivity contribution in [3.05, 3.63) is 60.2 Å². The molecule has 0 saturated carbocycles. The summed E-state index contributed by atoms with van der Waals surface area (Å²) < 4.78 is 4.09. The van der Waals surface area contributed by atoms with Crippen LogP contribution in [0, 0.1) is 0 Å². The van der Waals surface area contributed by atoms with E-state index in [2.05, 4.69) is 33.5 Å². The Morgan fingerprint density at radius 2 is 2.19 bits per heavy atom. The van der Waals surface area contributed by atoms with Gasteiger partial charge in [-0.1, -0.05) is 18.2 Å². The third-order valence-corrected chi connectivity index (χ3v) is 5.30. The first-order valence-electron chi connectivity index (χ1n) is 9.30. The van der Waals surface area contributed by atoms with Gasteiger partial charge >= 0.3 is 0 Å². The number of para-hydroxylation sites is 1. The van der Waals surface area contributed by atoms with Crippen LogP contribution in [0.5, 0.6) is 0 Å². The first-order valence-corrected chi connectivity index (χ1v) is 9.30. The highest BCUT2D eigenvalue weighted by Gasteiger charge is 2.21. The van der Waals surface area contributed by atoms with Gasteiger partial charge in [-0.3, -0.25) is 4.68 Å². The number of hydrogen-bond acceptors (Lipinski definition) is 4. The topological polar surface area (TPSA) is 83.7 Å². The fourth-order valence-electron chi connectivity index (χ4n) is 3.91. The summed E-state index contributed by atoms with van der Waals surface area (Å²) in [5, 5.41) is 19.4. The molecule has 0 radical (unpaired) electrons. The summed E-state index contributed by atoms with van der Waals surface area (Å²) in [7, 11) is 0. The van der Waals surface area contributed by atoms with Crippen molar-refractivity contribution in [3.63, 3.8) is 0 Å². The Hall–Kier alpha value is -2.90. The smallest absolute Gasteiger partial charge is 0.160 e. The normalized spacial score (nSPS) is 15.1. The minimum Gasteiger partial charge on any atom is -0.394 e. The largest absolute Gasteiger partial charge is 0.394 e. The molecule has 7 heteroatoms. The molecular weight excluding hydrogens is 340 g/mol. The molecule has 7 nitrogen and oxygen atoms in total. The number of aromatic amines is 1. The van der Waals surface area contributed by atoms with Crippen LogP contribution in [0.2, 0.25) is 0 Å². The number of aliphatic hydroxyl groups is 1. The molecule has 1 aromatic carbocycles. The third kappa shape index (κ3) is 2.85. The van der Waals surface area contributed by atoms with Gasteiger partial charge in [0.2, 0.25) is 0 Å². The van der Waals surface area contributed by atoms with Gasteiger partial charge in [0.25, 0.3) is 0 Å². The number of rotatable bonds is 5. The molecule has 138 valence electrons. The van der Waals surface area contributed by atoms with Crippen LogP contribution >= 0.6 is 0 Å². The predicted octanol–water partition coefficient (Wildman–Crippen LogP) is 2.11. The number of nitrogens with zero attached hydrogens (tertiary/aromatic N) is 4. The van der Waals surface area contributed by atoms with E-state index in [4.69, 9.17) is 5.10 Å². The van der Waals surface area contributed by atoms with Crippen molar-refractivity contribution in [1.82, 2.24) is 29.6 Å². The van der Waals surface area contributed by atoms with Crippen molar-refractivity contribution in [2.45, 2.75) is 25.6 Å². The minimum atomic E-state index is -0.0986. The maximum absolute atomic E-state index is 10.1. The van der Waals surface area contributed by atoms with Gasteiger partial charge in [0.15, 0.2) is 5.82 Å². The molecule has 3 N–H and O–H groups in total. The van der Waals surface area contributed by atoms with Crippen molar-refractivity contribution < 1.29 is 5.11 Å². The Morgan fingerprint density at radius 1 is 1.26 bits per heavy atom. The van der Waals surface area contributed by atoms with E-state index in [1.54, 1.807) is 6.20 Å². The number of imidazole rings is 1. The molecule has 1 atom stereocenters. The van der Waals surface area contributed by atoms with E-state index in [9.17, 15) is 5.11 Å². The Kier molecular flexibility index (Phi) is 4.03. The predicted molar refractivity (Wildman–Crippen MR) is 103 cm³/mol. The van der Waals surface area contributed by atoms with Gasteiger partial charge in [0.05, 0.1) is 24.9 Å². The van der Waals surface area contributed by atoms with Crippen molar-refractivity contribution in [1.29, 1.82) is 0 Å². The number of H-pyrrole nitrogens is 1. The molecule has 0 spiro atoms. The van der Waals surface area contributed by atoms with Gasteiger partial charge in [-0.05, 0) is 24.1 Å². The monoisotopic (exact) mass is 362 g/mol. The van der Waals surface area contributed by atoms with Gasteiger partial charge in [0, 0.05) is 42.6 Å². The Morgan fingerprint density at radius 3 is 3.07 bits per heavy atom. The molecule has 0 amide bonds. The number of aromatic nitrogens is 5. The lowest BCUT2D eigenvalue weighted by Gasteiger charge is -2.18. The lowest BCUT2D eigenvalue weighted by Crippen LogP contribution is -2.28. The second-order valence-corrected chi connectivity index (χ2v) is 6.98. The summed E-state index contributed by atoms with van der Waals surface area (Å²) in [6.07, 6.45) is 6.47. The third-order valence-electron chi connectivity index (χ3n) is 5.30. The van der Waals surface area contributed by atoms with Crippen LogP contribution in [0.4, 0.5) is 0 Å². The highest BCUT2D eigenvalue weighted by Crippen LogP contribution is 2.27.